The first kappa shape index (κ1) is 22.5. The summed E-state index contributed by atoms with van der Waals surface area (Å²) in [5.41, 5.74) is 2.55. The SMILES string of the molecule is CCCc1ccc([C@@]2(C)NC(=O)N(CC(=O)Nc3ccc([C@@H](C)CC)cc3)C2=O)cc1. The van der Waals surface area contributed by atoms with Crippen molar-refractivity contribution < 1.29 is 14.4 Å². The third-order valence-electron chi connectivity index (χ3n) is 6.02. The molecule has 1 aliphatic heterocycles. The molecule has 0 aliphatic carbocycles. The summed E-state index contributed by atoms with van der Waals surface area (Å²) in [6.45, 7) is 7.74. The summed E-state index contributed by atoms with van der Waals surface area (Å²) < 4.78 is 0. The highest BCUT2D eigenvalue weighted by Crippen LogP contribution is 2.29. The van der Waals surface area contributed by atoms with Crippen molar-refractivity contribution in [2.45, 2.75) is 58.4 Å². The van der Waals surface area contributed by atoms with Crippen molar-refractivity contribution in [3.63, 3.8) is 0 Å². The molecule has 0 aromatic heterocycles. The number of rotatable bonds is 8. The van der Waals surface area contributed by atoms with Gasteiger partial charge in [0, 0.05) is 5.69 Å². The molecule has 31 heavy (non-hydrogen) atoms. The molecule has 164 valence electrons. The fourth-order valence-corrected chi connectivity index (χ4v) is 3.80. The second-order valence-corrected chi connectivity index (χ2v) is 8.37. The number of nitrogens with one attached hydrogen (secondary N) is 2. The number of hydrogen-bond donors (Lipinski definition) is 2. The Labute approximate surface area is 184 Å². The van der Waals surface area contributed by atoms with Gasteiger partial charge in [0.1, 0.15) is 12.1 Å². The Balaban J connectivity index is 1.67. The van der Waals surface area contributed by atoms with E-state index in [9.17, 15) is 14.4 Å². The van der Waals surface area contributed by atoms with Crippen LogP contribution in [0.25, 0.3) is 0 Å². The van der Waals surface area contributed by atoms with Gasteiger partial charge in [0.25, 0.3) is 5.91 Å². The highest BCUT2D eigenvalue weighted by molar-refractivity contribution is 6.10. The minimum absolute atomic E-state index is 0.332. The summed E-state index contributed by atoms with van der Waals surface area (Å²) >= 11 is 0. The molecule has 1 saturated heterocycles. The molecule has 1 fully saturated rings. The van der Waals surface area contributed by atoms with Gasteiger partial charge in [0.05, 0.1) is 0 Å². The van der Waals surface area contributed by atoms with E-state index in [-0.39, 0.29) is 6.54 Å². The molecule has 6 nitrogen and oxygen atoms in total. The van der Waals surface area contributed by atoms with E-state index in [1.165, 1.54) is 11.1 Å². The molecule has 1 aliphatic rings. The minimum Gasteiger partial charge on any atom is -0.325 e. The van der Waals surface area contributed by atoms with Crippen molar-refractivity contribution in [3.8, 4) is 0 Å². The number of carbonyl (C=O) groups excluding carboxylic acids is 3. The quantitative estimate of drug-likeness (QED) is 0.614. The van der Waals surface area contributed by atoms with E-state index in [1.54, 1.807) is 6.92 Å². The van der Waals surface area contributed by atoms with Gasteiger partial charge >= 0.3 is 6.03 Å². The molecule has 6 heteroatoms. The van der Waals surface area contributed by atoms with E-state index in [0.29, 0.717) is 17.2 Å². The molecule has 4 amide bonds. The summed E-state index contributed by atoms with van der Waals surface area (Å²) in [4.78, 5) is 39.0. The van der Waals surface area contributed by atoms with Gasteiger partial charge in [-0.2, -0.15) is 0 Å². The van der Waals surface area contributed by atoms with E-state index in [0.717, 1.165) is 24.2 Å². The van der Waals surface area contributed by atoms with Gasteiger partial charge in [-0.05, 0) is 54.5 Å². The predicted molar refractivity (Wildman–Crippen MR) is 122 cm³/mol. The maximum Gasteiger partial charge on any atom is 0.325 e. The zero-order valence-electron chi connectivity index (χ0n) is 18.7. The first-order valence-electron chi connectivity index (χ1n) is 10.9. The van der Waals surface area contributed by atoms with Gasteiger partial charge in [0.2, 0.25) is 5.91 Å². The molecule has 0 spiro atoms. The number of benzene rings is 2. The van der Waals surface area contributed by atoms with Gasteiger partial charge in [-0.3, -0.25) is 14.5 Å². The van der Waals surface area contributed by atoms with Crippen molar-refractivity contribution in [2.24, 2.45) is 0 Å². The molecule has 0 unspecified atom stereocenters. The Morgan fingerprint density at radius 2 is 1.71 bits per heavy atom. The Bertz CT molecular complexity index is 953. The highest BCUT2D eigenvalue weighted by Gasteiger charge is 2.49. The first-order chi connectivity index (χ1) is 14.8. The second-order valence-electron chi connectivity index (χ2n) is 8.37. The molecule has 0 radical (unpaired) electrons. The van der Waals surface area contributed by atoms with Gasteiger partial charge in [-0.15, -0.1) is 0 Å². The van der Waals surface area contributed by atoms with E-state index < -0.39 is 23.4 Å². The van der Waals surface area contributed by atoms with Crippen LogP contribution in [0.3, 0.4) is 0 Å². The monoisotopic (exact) mass is 421 g/mol. The standard InChI is InChI=1S/C25H31N3O3/c1-5-7-18-8-12-20(13-9-18)25(4)23(30)28(24(31)27-25)16-22(29)26-21-14-10-19(11-15-21)17(3)6-2/h8-15,17H,5-7,16H2,1-4H3,(H,26,29)(H,27,31)/t17-,25+/m0/s1. The molecule has 0 saturated carbocycles. The number of aryl methyl sites for hydroxylation is 1. The lowest BCUT2D eigenvalue weighted by molar-refractivity contribution is -0.133. The van der Waals surface area contributed by atoms with Crippen molar-refractivity contribution in [2.75, 3.05) is 11.9 Å². The molecule has 0 bridgehead atoms. The zero-order chi connectivity index (χ0) is 22.6. The topological polar surface area (TPSA) is 78.5 Å². The largest absolute Gasteiger partial charge is 0.325 e. The third kappa shape index (κ3) is 4.79. The van der Waals surface area contributed by atoms with E-state index >= 15 is 0 Å². The van der Waals surface area contributed by atoms with Crippen molar-refractivity contribution in [1.82, 2.24) is 10.2 Å². The number of imide groups is 1. The van der Waals surface area contributed by atoms with Crippen LogP contribution in [0.1, 0.15) is 63.1 Å². The van der Waals surface area contributed by atoms with Crippen molar-refractivity contribution in [1.29, 1.82) is 0 Å². The average Bonchev–Trinajstić information content (AvgIpc) is 2.98. The van der Waals surface area contributed by atoms with Crippen LogP contribution in [-0.2, 0) is 21.5 Å². The van der Waals surface area contributed by atoms with Crippen LogP contribution >= 0.6 is 0 Å². The van der Waals surface area contributed by atoms with Gasteiger partial charge in [0.15, 0.2) is 0 Å². The minimum atomic E-state index is -1.18. The fraction of sp³-hybridized carbons (Fsp3) is 0.400. The molecular weight excluding hydrogens is 390 g/mol. The first-order valence-corrected chi connectivity index (χ1v) is 10.9. The summed E-state index contributed by atoms with van der Waals surface area (Å²) in [6.07, 6.45) is 3.04. The highest BCUT2D eigenvalue weighted by atomic mass is 16.2. The lowest BCUT2D eigenvalue weighted by Crippen LogP contribution is -2.42. The fourth-order valence-electron chi connectivity index (χ4n) is 3.80. The number of urea groups is 1. The normalized spacial score (nSPS) is 19.3. The Morgan fingerprint density at radius 1 is 1.06 bits per heavy atom. The number of anilines is 1. The van der Waals surface area contributed by atoms with Crippen molar-refractivity contribution >= 4 is 23.5 Å². The molecule has 2 aromatic carbocycles. The Hall–Kier alpha value is -3.15. The van der Waals surface area contributed by atoms with E-state index in [1.807, 2.05) is 48.5 Å². The molecule has 2 atom stereocenters. The van der Waals surface area contributed by atoms with E-state index in [4.69, 9.17) is 0 Å². The lowest BCUT2D eigenvalue weighted by Gasteiger charge is -2.22. The second kappa shape index (κ2) is 9.33. The molecule has 2 aromatic rings. The zero-order valence-corrected chi connectivity index (χ0v) is 18.7. The van der Waals surface area contributed by atoms with Crippen LogP contribution in [0.5, 0.6) is 0 Å². The molecular formula is C25H31N3O3. The summed E-state index contributed by atoms with van der Waals surface area (Å²) in [6, 6.07) is 14.8. The van der Waals surface area contributed by atoms with E-state index in [2.05, 4.69) is 31.4 Å². The molecule has 1 heterocycles. The van der Waals surface area contributed by atoms with Gasteiger partial charge in [-0.1, -0.05) is 63.6 Å². The van der Waals surface area contributed by atoms with Crippen LogP contribution < -0.4 is 10.6 Å². The summed E-state index contributed by atoms with van der Waals surface area (Å²) in [5, 5.41) is 5.52. The van der Waals surface area contributed by atoms with Crippen molar-refractivity contribution in [3.05, 3.63) is 65.2 Å². The Kier molecular flexibility index (Phi) is 6.78. The summed E-state index contributed by atoms with van der Waals surface area (Å²) in [7, 11) is 0. The van der Waals surface area contributed by atoms with Gasteiger partial charge in [-0.25, -0.2) is 4.79 Å². The average molecular weight is 422 g/mol. The third-order valence-corrected chi connectivity index (χ3v) is 6.02. The van der Waals surface area contributed by atoms with Crippen LogP contribution in [0, 0.1) is 0 Å². The Morgan fingerprint density at radius 3 is 2.29 bits per heavy atom. The van der Waals surface area contributed by atoms with Gasteiger partial charge < -0.3 is 10.6 Å². The van der Waals surface area contributed by atoms with Crippen LogP contribution in [0.15, 0.2) is 48.5 Å². The van der Waals surface area contributed by atoms with Crippen LogP contribution in [0.4, 0.5) is 10.5 Å². The maximum atomic E-state index is 13.1. The van der Waals surface area contributed by atoms with Crippen LogP contribution in [0.2, 0.25) is 0 Å². The smallest absolute Gasteiger partial charge is 0.325 e. The molecule has 2 N–H and O–H groups in total. The summed E-state index contributed by atoms with van der Waals surface area (Å²) in [5.74, 6) is -0.394. The number of nitrogens with zero attached hydrogens (tertiary/aromatic N) is 1. The number of carbonyl (C=O) groups is 3. The number of amides is 4. The molecule has 3 rings (SSSR count). The van der Waals surface area contributed by atoms with Crippen LogP contribution in [-0.4, -0.2) is 29.3 Å². The maximum absolute atomic E-state index is 13.1. The lowest BCUT2D eigenvalue weighted by atomic mass is 9.91. The number of hydrogen-bond acceptors (Lipinski definition) is 3. The predicted octanol–water partition coefficient (Wildman–Crippen LogP) is 4.56.